The van der Waals surface area contributed by atoms with E-state index in [-0.39, 0.29) is 27.1 Å². The molecule has 162 valence electrons. The van der Waals surface area contributed by atoms with Crippen molar-refractivity contribution in [3.05, 3.63) is 103 Å². The van der Waals surface area contributed by atoms with Crippen molar-refractivity contribution in [1.82, 2.24) is 9.55 Å². The Labute approximate surface area is 205 Å². The molecule has 0 amide bonds. The Morgan fingerprint density at radius 2 is 1.73 bits per heavy atom. The first-order valence-electron chi connectivity index (χ1n) is 10.5. The van der Waals surface area contributed by atoms with Crippen molar-refractivity contribution in [2.24, 2.45) is 5.11 Å². The van der Waals surface area contributed by atoms with Crippen LogP contribution in [0.25, 0.3) is 27.6 Å². The fourth-order valence-corrected chi connectivity index (χ4v) is 4.11. The number of ether oxygens (including phenoxy) is 1. The molecule has 0 spiro atoms. The van der Waals surface area contributed by atoms with Gasteiger partial charge in [-0.05, 0) is 28.7 Å². The van der Waals surface area contributed by atoms with Gasteiger partial charge in [0, 0.05) is 36.2 Å². The summed E-state index contributed by atoms with van der Waals surface area (Å²) in [5, 5.41) is 6.65. The Hall–Kier alpha value is -3.56. The second kappa shape index (κ2) is 8.76. The van der Waals surface area contributed by atoms with Crippen LogP contribution in [0.5, 0.6) is 11.5 Å². The molecular weight excluding hydrogens is 591 g/mol. The van der Waals surface area contributed by atoms with Crippen LogP contribution < -0.4 is 4.74 Å². The van der Waals surface area contributed by atoms with Gasteiger partial charge in [0.15, 0.2) is 6.04 Å². The van der Waals surface area contributed by atoms with Gasteiger partial charge < -0.3 is 9.30 Å². The van der Waals surface area contributed by atoms with Gasteiger partial charge in [0.1, 0.15) is 11.5 Å². The Kier molecular flexibility index (Phi) is 5.65. The summed E-state index contributed by atoms with van der Waals surface area (Å²) in [6, 6.07) is 31.0. The van der Waals surface area contributed by atoms with E-state index < -0.39 is 0 Å². The number of fused-ring (bicyclic) bond motifs is 3. The molecule has 6 heteroatoms. The maximum atomic E-state index is 6.18. The third kappa shape index (κ3) is 3.79. The molecule has 33 heavy (non-hydrogen) atoms. The topological polar surface area (TPSA) is 42.4 Å². The monoisotopic (exact) mass is 610 g/mol. The van der Waals surface area contributed by atoms with Gasteiger partial charge in [-0.15, -0.1) is 28.3 Å². The largest absolute Gasteiger partial charge is 2.00 e. The van der Waals surface area contributed by atoms with Crippen LogP contribution >= 0.6 is 0 Å². The van der Waals surface area contributed by atoms with Crippen LogP contribution in [0.4, 0.5) is 5.69 Å². The molecule has 1 aliphatic rings. The summed E-state index contributed by atoms with van der Waals surface area (Å²) in [6.07, 6.45) is 5.65. The summed E-state index contributed by atoms with van der Waals surface area (Å²) in [4.78, 5) is 4.57. The molecule has 2 aromatic heterocycles. The van der Waals surface area contributed by atoms with Gasteiger partial charge in [-0.25, -0.2) is 4.98 Å². The first-order valence-corrected chi connectivity index (χ1v) is 10.5. The molecule has 1 atom stereocenters. The number of rotatable bonds is 4. The van der Waals surface area contributed by atoms with Crippen molar-refractivity contribution in [2.45, 2.75) is 13.0 Å². The Balaban J connectivity index is 0.00000228. The van der Waals surface area contributed by atoms with Crippen molar-refractivity contribution < 1.29 is 30.5 Å². The van der Waals surface area contributed by atoms with Crippen molar-refractivity contribution >= 4 is 27.5 Å². The van der Waals surface area contributed by atoms with Crippen LogP contribution in [0.3, 0.4) is 0 Å². The van der Waals surface area contributed by atoms with E-state index in [9.17, 15) is 0 Å². The van der Waals surface area contributed by atoms with Crippen LogP contribution in [0, 0.1) is 12.1 Å². The number of pyridine rings is 1. The van der Waals surface area contributed by atoms with E-state index in [4.69, 9.17) is 4.74 Å². The number of benzene rings is 3. The zero-order valence-corrected chi connectivity index (χ0v) is 20.0. The maximum absolute atomic E-state index is 6.18. The summed E-state index contributed by atoms with van der Waals surface area (Å²) in [6.45, 7) is 2.09. The standard InChI is InChI=1S/C27H19N4O.Pt/c1-19-14-16-29-31(19)20-7-6-8-21(17-20)32-22-12-13-24-23-9-2-3-10-25(23)30(26(24)18-22)27-11-4-5-15-28-27;/h2-16,19H,1H3;/q-1;+2. The van der Waals surface area contributed by atoms with Gasteiger partial charge >= 0.3 is 21.1 Å². The summed E-state index contributed by atoms with van der Waals surface area (Å²) in [5.41, 5.74) is 2.87. The summed E-state index contributed by atoms with van der Waals surface area (Å²) >= 11 is 0. The Morgan fingerprint density at radius 1 is 0.879 bits per heavy atom. The van der Waals surface area contributed by atoms with E-state index >= 15 is 0 Å². The third-order valence-corrected chi connectivity index (χ3v) is 5.60. The zero-order valence-electron chi connectivity index (χ0n) is 17.8. The fourth-order valence-electron chi connectivity index (χ4n) is 4.11. The molecule has 5 nitrogen and oxygen atoms in total. The predicted octanol–water partition coefficient (Wildman–Crippen LogP) is 6.58. The molecule has 0 fully saturated rings. The number of hydrogen-bond donors (Lipinski definition) is 0. The van der Waals surface area contributed by atoms with E-state index in [0.717, 1.165) is 33.3 Å². The van der Waals surface area contributed by atoms with Gasteiger partial charge in [0.2, 0.25) is 0 Å². The molecular formula is C27H19N4OPt+. The van der Waals surface area contributed by atoms with Crippen LogP contribution in [0.2, 0.25) is 0 Å². The minimum absolute atomic E-state index is 0. The van der Waals surface area contributed by atoms with E-state index in [1.807, 2.05) is 65.5 Å². The average molecular weight is 611 g/mol. The molecule has 0 bridgehead atoms. The predicted molar refractivity (Wildman–Crippen MR) is 124 cm³/mol. The SMILES string of the molecule is CC1C=CN=[N+]1c1[c-]c(Oc2[c-]c3c(cc2)c2ccccc2n3-c2ccccn2)ccc1.[Pt+2]. The number of azo groups is 2. The van der Waals surface area contributed by atoms with Crippen LogP contribution in [-0.2, 0) is 21.1 Å². The molecule has 1 aliphatic heterocycles. The fraction of sp³-hybridized carbons (Fsp3) is 0.0741. The first kappa shape index (κ1) is 21.3. The molecule has 6 rings (SSSR count). The molecule has 0 aliphatic carbocycles. The van der Waals surface area contributed by atoms with Crippen LogP contribution in [0.1, 0.15) is 6.92 Å². The van der Waals surface area contributed by atoms with Gasteiger partial charge in [-0.2, -0.15) is 12.1 Å². The van der Waals surface area contributed by atoms with Gasteiger partial charge in [-0.3, -0.25) is 0 Å². The minimum atomic E-state index is 0. The number of para-hydroxylation sites is 1. The molecule has 5 aromatic rings. The van der Waals surface area contributed by atoms with E-state index in [1.54, 1.807) is 6.20 Å². The average Bonchev–Trinajstić information content (AvgIpc) is 3.40. The second-order valence-electron chi connectivity index (χ2n) is 7.67. The summed E-state index contributed by atoms with van der Waals surface area (Å²) in [5.74, 6) is 2.08. The smallest absolute Gasteiger partial charge is 0.509 e. The number of aromatic nitrogens is 2. The minimum Gasteiger partial charge on any atom is -0.509 e. The van der Waals surface area contributed by atoms with Crippen molar-refractivity contribution in [2.75, 3.05) is 0 Å². The summed E-state index contributed by atoms with van der Waals surface area (Å²) < 4.78 is 10.2. The molecule has 1 unspecified atom stereocenters. The zero-order chi connectivity index (χ0) is 21.5. The van der Waals surface area contributed by atoms with Gasteiger partial charge in [0.05, 0.1) is 6.20 Å². The van der Waals surface area contributed by atoms with E-state index in [0.29, 0.717) is 11.5 Å². The molecule has 0 saturated carbocycles. The first-order chi connectivity index (χ1) is 15.8. The molecule has 0 radical (unpaired) electrons. The number of hydrogen-bond acceptors (Lipinski definition) is 3. The number of nitrogens with zero attached hydrogens (tertiary/aromatic N) is 4. The Bertz CT molecular complexity index is 1520. The molecule has 0 saturated heterocycles. The maximum Gasteiger partial charge on any atom is 2.00 e. The van der Waals surface area contributed by atoms with Gasteiger partial charge in [0.25, 0.3) is 0 Å². The van der Waals surface area contributed by atoms with Crippen molar-refractivity contribution in [1.29, 1.82) is 0 Å². The molecule has 0 N–H and O–H groups in total. The van der Waals surface area contributed by atoms with Crippen molar-refractivity contribution in [3.8, 4) is 17.3 Å². The van der Waals surface area contributed by atoms with E-state index in [2.05, 4.69) is 58.0 Å². The summed E-state index contributed by atoms with van der Waals surface area (Å²) in [7, 11) is 0. The van der Waals surface area contributed by atoms with Gasteiger partial charge in [-0.1, -0.05) is 41.9 Å². The normalized spacial score (nSPS) is 14.9. The quantitative estimate of drug-likeness (QED) is 0.171. The third-order valence-electron chi connectivity index (χ3n) is 5.60. The van der Waals surface area contributed by atoms with Crippen LogP contribution in [0.15, 0.2) is 96.4 Å². The molecule has 3 heterocycles. The Morgan fingerprint density at radius 3 is 2.55 bits per heavy atom. The van der Waals surface area contributed by atoms with Crippen molar-refractivity contribution in [3.63, 3.8) is 0 Å². The molecule has 3 aromatic carbocycles. The van der Waals surface area contributed by atoms with Crippen LogP contribution in [-0.4, -0.2) is 20.3 Å². The van der Waals surface area contributed by atoms with E-state index in [1.165, 1.54) is 0 Å². The second-order valence-corrected chi connectivity index (χ2v) is 7.67.